The smallest absolute Gasteiger partial charge is 0.471 e. The molecule has 0 saturated carbocycles. The van der Waals surface area contributed by atoms with Crippen molar-refractivity contribution in [3.8, 4) is 0 Å². The third-order valence-electron chi connectivity index (χ3n) is 3.71. The van der Waals surface area contributed by atoms with E-state index >= 15 is 0 Å². The Bertz CT molecular complexity index is 592. The second-order valence-electron chi connectivity index (χ2n) is 5.11. The SMILES string of the molecule is O=C(O)c1ccc(C2CCN(C(=O)C(F)(F)F)CC2)c(F)c1. The Morgan fingerprint density at radius 2 is 1.77 bits per heavy atom. The van der Waals surface area contributed by atoms with Crippen LogP contribution in [0.2, 0.25) is 0 Å². The molecule has 0 aliphatic carbocycles. The Hall–Kier alpha value is -2.12. The number of carboxylic acid groups (broad SMARTS) is 1. The molecule has 1 aliphatic rings. The number of hydrogen-bond acceptors (Lipinski definition) is 2. The first-order chi connectivity index (χ1) is 10.2. The number of alkyl halides is 3. The van der Waals surface area contributed by atoms with Crippen molar-refractivity contribution in [3.63, 3.8) is 0 Å². The van der Waals surface area contributed by atoms with Crippen LogP contribution in [0.4, 0.5) is 17.6 Å². The number of carbonyl (C=O) groups is 2. The number of rotatable bonds is 2. The second kappa shape index (κ2) is 5.94. The van der Waals surface area contributed by atoms with E-state index in [1.54, 1.807) is 0 Å². The van der Waals surface area contributed by atoms with Crippen molar-refractivity contribution in [2.75, 3.05) is 13.1 Å². The lowest BCUT2D eigenvalue weighted by Crippen LogP contribution is -2.45. The molecule has 8 heteroatoms. The van der Waals surface area contributed by atoms with Gasteiger partial charge in [-0.15, -0.1) is 0 Å². The number of likely N-dealkylation sites (tertiary alicyclic amines) is 1. The lowest BCUT2D eigenvalue weighted by molar-refractivity contribution is -0.186. The minimum atomic E-state index is -4.90. The lowest BCUT2D eigenvalue weighted by Gasteiger charge is -2.32. The van der Waals surface area contributed by atoms with Gasteiger partial charge in [-0.25, -0.2) is 9.18 Å². The van der Waals surface area contributed by atoms with Crippen LogP contribution in [0.1, 0.15) is 34.7 Å². The van der Waals surface area contributed by atoms with E-state index in [0.29, 0.717) is 4.90 Å². The first-order valence-electron chi connectivity index (χ1n) is 6.59. The van der Waals surface area contributed by atoms with Crippen molar-refractivity contribution >= 4 is 11.9 Å². The molecule has 1 N–H and O–H groups in total. The minimum Gasteiger partial charge on any atom is -0.478 e. The maximum absolute atomic E-state index is 13.9. The molecule has 2 rings (SSSR count). The standard InChI is InChI=1S/C14H13F4NO3/c15-11-7-9(12(20)21)1-2-10(11)8-3-5-19(6-4-8)13(22)14(16,17)18/h1-2,7-8H,3-6H2,(H,20,21). The number of hydrogen-bond donors (Lipinski definition) is 1. The van der Waals surface area contributed by atoms with Crippen LogP contribution in [0.25, 0.3) is 0 Å². The van der Waals surface area contributed by atoms with Gasteiger partial charge in [0, 0.05) is 13.1 Å². The van der Waals surface area contributed by atoms with Crippen LogP contribution in [0.3, 0.4) is 0 Å². The van der Waals surface area contributed by atoms with E-state index in [4.69, 9.17) is 5.11 Å². The summed E-state index contributed by atoms with van der Waals surface area (Å²) in [5.41, 5.74) is 0.0787. The fraction of sp³-hybridized carbons (Fsp3) is 0.429. The lowest BCUT2D eigenvalue weighted by atomic mass is 9.88. The molecule has 0 aromatic heterocycles. The van der Waals surface area contributed by atoms with Gasteiger partial charge >= 0.3 is 18.1 Å². The molecule has 0 unspecified atom stereocenters. The highest BCUT2D eigenvalue weighted by Gasteiger charge is 2.43. The number of aromatic carboxylic acids is 1. The van der Waals surface area contributed by atoms with Crippen LogP contribution >= 0.6 is 0 Å². The Morgan fingerprint density at radius 3 is 2.23 bits per heavy atom. The molecule has 1 fully saturated rings. The maximum Gasteiger partial charge on any atom is 0.471 e. The normalized spacial score (nSPS) is 16.6. The minimum absolute atomic E-state index is 0.108. The predicted octanol–water partition coefficient (Wildman–Crippen LogP) is 2.79. The van der Waals surface area contributed by atoms with Gasteiger partial charge in [-0.1, -0.05) is 6.07 Å². The van der Waals surface area contributed by atoms with Crippen molar-refractivity contribution in [3.05, 3.63) is 35.1 Å². The van der Waals surface area contributed by atoms with Gasteiger partial charge in [0.05, 0.1) is 5.56 Å². The molecule has 22 heavy (non-hydrogen) atoms. The summed E-state index contributed by atoms with van der Waals surface area (Å²) < 4.78 is 50.9. The number of halogens is 4. The average Bonchev–Trinajstić information content (AvgIpc) is 2.45. The Morgan fingerprint density at radius 1 is 1.18 bits per heavy atom. The zero-order chi connectivity index (χ0) is 16.5. The molecule has 0 atom stereocenters. The van der Waals surface area contributed by atoms with Crippen LogP contribution in [0.15, 0.2) is 18.2 Å². The van der Waals surface area contributed by atoms with Crippen LogP contribution < -0.4 is 0 Å². The summed E-state index contributed by atoms with van der Waals surface area (Å²) in [6.07, 6.45) is -4.50. The summed E-state index contributed by atoms with van der Waals surface area (Å²) in [6, 6.07) is 3.49. The zero-order valence-electron chi connectivity index (χ0n) is 11.4. The molecule has 1 aromatic rings. The fourth-order valence-corrected chi connectivity index (χ4v) is 2.56. The fourth-order valence-electron chi connectivity index (χ4n) is 2.56. The topological polar surface area (TPSA) is 57.6 Å². The number of carbonyl (C=O) groups excluding carboxylic acids is 1. The van der Waals surface area contributed by atoms with Crippen LogP contribution in [-0.4, -0.2) is 41.1 Å². The van der Waals surface area contributed by atoms with Crippen molar-refractivity contribution in [1.82, 2.24) is 4.90 Å². The van der Waals surface area contributed by atoms with Crippen LogP contribution in [0, 0.1) is 5.82 Å². The Kier molecular flexibility index (Phi) is 4.39. The molecular weight excluding hydrogens is 306 g/mol. The first kappa shape index (κ1) is 16.3. The summed E-state index contributed by atoms with van der Waals surface area (Å²) >= 11 is 0. The molecule has 1 heterocycles. The van der Waals surface area contributed by atoms with Gasteiger partial charge < -0.3 is 10.0 Å². The van der Waals surface area contributed by atoms with E-state index in [2.05, 4.69) is 0 Å². The molecule has 1 saturated heterocycles. The Labute approximate surface area is 123 Å². The summed E-state index contributed by atoms with van der Waals surface area (Å²) in [5.74, 6) is -4.16. The van der Waals surface area contributed by atoms with Crippen molar-refractivity contribution in [2.45, 2.75) is 24.9 Å². The molecule has 0 bridgehead atoms. The van der Waals surface area contributed by atoms with Gasteiger partial charge in [0.1, 0.15) is 5.82 Å². The Balaban J connectivity index is 2.06. The molecule has 1 amide bonds. The van der Waals surface area contributed by atoms with Gasteiger partial charge in [-0.05, 0) is 36.5 Å². The summed E-state index contributed by atoms with van der Waals surface area (Å²) in [6.45, 7) is -0.216. The molecule has 1 aromatic carbocycles. The van der Waals surface area contributed by atoms with Crippen molar-refractivity contribution in [2.24, 2.45) is 0 Å². The summed E-state index contributed by atoms with van der Waals surface area (Å²) in [7, 11) is 0. The highest BCUT2D eigenvalue weighted by Crippen LogP contribution is 2.32. The van der Waals surface area contributed by atoms with E-state index in [1.807, 2.05) is 0 Å². The van der Waals surface area contributed by atoms with Gasteiger partial charge in [-0.3, -0.25) is 4.79 Å². The molecular formula is C14H13F4NO3. The monoisotopic (exact) mass is 319 g/mol. The summed E-state index contributed by atoms with van der Waals surface area (Å²) in [4.78, 5) is 22.6. The number of piperidine rings is 1. The van der Waals surface area contributed by atoms with Crippen LogP contribution in [-0.2, 0) is 4.79 Å². The third-order valence-corrected chi connectivity index (χ3v) is 3.71. The summed E-state index contributed by atoms with van der Waals surface area (Å²) in [5, 5.41) is 8.77. The van der Waals surface area contributed by atoms with Gasteiger partial charge in [0.25, 0.3) is 0 Å². The second-order valence-corrected chi connectivity index (χ2v) is 5.11. The number of benzene rings is 1. The van der Waals surface area contributed by atoms with E-state index in [9.17, 15) is 27.2 Å². The van der Waals surface area contributed by atoms with E-state index in [0.717, 1.165) is 6.07 Å². The average molecular weight is 319 g/mol. The molecule has 0 radical (unpaired) electrons. The largest absolute Gasteiger partial charge is 0.478 e. The number of amides is 1. The first-order valence-corrected chi connectivity index (χ1v) is 6.59. The van der Waals surface area contributed by atoms with E-state index in [1.165, 1.54) is 12.1 Å². The highest BCUT2D eigenvalue weighted by molar-refractivity contribution is 5.87. The van der Waals surface area contributed by atoms with Gasteiger partial charge in [0.2, 0.25) is 0 Å². The highest BCUT2D eigenvalue weighted by atomic mass is 19.4. The quantitative estimate of drug-likeness (QED) is 0.853. The molecule has 1 aliphatic heterocycles. The molecule has 120 valence electrons. The van der Waals surface area contributed by atoms with Crippen molar-refractivity contribution < 1.29 is 32.3 Å². The third kappa shape index (κ3) is 3.37. The van der Waals surface area contributed by atoms with Crippen LogP contribution in [0.5, 0.6) is 0 Å². The van der Waals surface area contributed by atoms with Gasteiger partial charge in [-0.2, -0.15) is 13.2 Å². The zero-order valence-corrected chi connectivity index (χ0v) is 11.4. The molecule has 4 nitrogen and oxygen atoms in total. The number of nitrogens with zero attached hydrogens (tertiary/aromatic N) is 1. The number of carboxylic acids is 1. The maximum atomic E-state index is 13.9. The molecule has 0 spiro atoms. The van der Waals surface area contributed by atoms with Crippen molar-refractivity contribution in [1.29, 1.82) is 0 Å². The predicted molar refractivity (Wildman–Crippen MR) is 68.0 cm³/mol. The van der Waals surface area contributed by atoms with Gasteiger partial charge in [0.15, 0.2) is 0 Å². The van der Waals surface area contributed by atoms with E-state index < -0.39 is 23.9 Å². The van der Waals surface area contributed by atoms with E-state index in [-0.39, 0.29) is 43.0 Å².